The SMILES string of the molecule is O=C([C@H]1CC2(C(O)c3ccccc3)CC1C2)N1CC(F)CC1c1cccc(F)c1. The number of nitrogens with zero attached hydrogens (tertiary/aromatic N) is 1. The minimum absolute atomic E-state index is 0.0379. The predicted octanol–water partition coefficient (Wildman–Crippen LogP) is 4.59. The number of aliphatic hydroxyl groups is 1. The molecule has 4 aliphatic rings. The number of likely N-dealkylation sites (tertiary alicyclic amines) is 1. The van der Waals surface area contributed by atoms with Gasteiger partial charge in [0.05, 0.1) is 18.7 Å². The van der Waals surface area contributed by atoms with Gasteiger partial charge in [-0.25, -0.2) is 8.78 Å². The second kappa shape index (κ2) is 6.91. The van der Waals surface area contributed by atoms with Crippen molar-refractivity contribution in [1.29, 1.82) is 0 Å². The molecule has 1 saturated heterocycles. The highest BCUT2D eigenvalue weighted by Crippen LogP contribution is 2.67. The van der Waals surface area contributed by atoms with Crippen LogP contribution >= 0.6 is 0 Å². The second-order valence-corrected chi connectivity index (χ2v) is 9.05. The zero-order valence-electron chi connectivity index (χ0n) is 16.2. The van der Waals surface area contributed by atoms with Gasteiger partial charge in [0, 0.05) is 17.8 Å². The Bertz CT molecular complexity index is 912. The van der Waals surface area contributed by atoms with E-state index in [0.717, 1.165) is 18.4 Å². The Labute approximate surface area is 169 Å². The second-order valence-electron chi connectivity index (χ2n) is 9.05. The number of rotatable bonds is 4. The Morgan fingerprint density at radius 2 is 1.86 bits per heavy atom. The summed E-state index contributed by atoms with van der Waals surface area (Å²) in [6.45, 7) is 0.0669. The van der Waals surface area contributed by atoms with Crippen LogP contribution in [0.25, 0.3) is 0 Å². The number of hydrogen-bond donors (Lipinski definition) is 1. The van der Waals surface area contributed by atoms with E-state index in [-0.39, 0.29) is 41.9 Å². The molecule has 2 aromatic carbocycles. The van der Waals surface area contributed by atoms with Gasteiger partial charge in [0.15, 0.2) is 0 Å². The van der Waals surface area contributed by atoms with Gasteiger partial charge >= 0.3 is 0 Å². The number of alkyl halides is 1. The van der Waals surface area contributed by atoms with Crippen molar-refractivity contribution in [1.82, 2.24) is 4.90 Å². The number of fused-ring (bicyclic) bond motifs is 1. The number of benzene rings is 2. The molecule has 0 radical (unpaired) electrons. The van der Waals surface area contributed by atoms with Crippen molar-refractivity contribution >= 4 is 5.91 Å². The number of halogens is 2. The third-order valence-corrected chi connectivity index (χ3v) is 7.31. The molecule has 4 atom stereocenters. The number of carbonyl (C=O) groups is 1. The Morgan fingerprint density at radius 1 is 1.10 bits per heavy atom. The maximum absolute atomic E-state index is 14.3. The smallest absolute Gasteiger partial charge is 0.226 e. The van der Waals surface area contributed by atoms with Crippen molar-refractivity contribution in [2.75, 3.05) is 6.54 Å². The maximum Gasteiger partial charge on any atom is 0.226 e. The van der Waals surface area contributed by atoms with Crippen LogP contribution < -0.4 is 0 Å². The third kappa shape index (κ3) is 3.07. The minimum Gasteiger partial charge on any atom is -0.388 e. The molecule has 1 aliphatic heterocycles. The Kier molecular flexibility index (Phi) is 4.46. The summed E-state index contributed by atoms with van der Waals surface area (Å²) in [5.41, 5.74) is 1.29. The van der Waals surface area contributed by atoms with Gasteiger partial charge in [0.1, 0.15) is 12.0 Å². The van der Waals surface area contributed by atoms with E-state index < -0.39 is 18.3 Å². The van der Waals surface area contributed by atoms with Gasteiger partial charge < -0.3 is 10.0 Å². The summed E-state index contributed by atoms with van der Waals surface area (Å²) in [7, 11) is 0. The first-order valence-electron chi connectivity index (χ1n) is 10.4. The molecule has 0 aromatic heterocycles. The summed E-state index contributed by atoms with van der Waals surface area (Å²) in [6, 6.07) is 15.3. The van der Waals surface area contributed by atoms with Crippen LogP contribution in [0.3, 0.4) is 0 Å². The van der Waals surface area contributed by atoms with Gasteiger partial charge in [-0.15, -0.1) is 0 Å². The zero-order chi connectivity index (χ0) is 20.2. The monoisotopic (exact) mass is 397 g/mol. The van der Waals surface area contributed by atoms with E-state index in [9.17, 15) is 18.7 Å². The number of carbonyl (C=O) groups excluding carboxylic acids is 1. The maximum atomic E-state index is 14.3. The fourth-order valence-electron chi connectivity index (χ4n) is 5.92. The molecule has 3 aliphatic carbocycles. The van der Waals surface area contributed by atoms with E-state index in [4.69, 9.17) is 0 Å². The van der Waals surface area contributed by atoms with Crippen molar-refractivity contribution in [3.05, 3.63) is 71.5 Å². The lowest BCUT2D eigenvalue weighted by atomic mass is 9.64. The number of amides is 1. The zero-order valence-corrected chi connectivity index (χ0v) is 16.2. The highest BCUT2D eigenvalue weighted by molar-refractivity contribution is 5.81. The molecule has 1 N–H and O–H groups in total. The third-order valence-electron chi connectivity index (χ3n) is 7.31. The summed E-state index contributed by atoms with van der Waals surface area (Å²) in [4.78, 5) is 15.0. The van der Waals surface area contributed by atoms with E-state index in [1.165, 1.54) is 12.1 Å². The molecule has 6 rings (SSSR count). The molecule has 3 unspecified atom stereocenters. The van der Waals surface area contributed by atoms with Gasteiger partial charge in [-0.2, -0.15) is 0 Å². The van der Waals surface area contributed by atoms with Crippen molar-refractivity contribution in [2.24, 2.45) is 17.3 Å². The molecule has 2 bridgehead atoms. The Hall–Kier alpha value is -2.27. The van der Waals surface area contributed by atoms with Gasteiger partial charge in [-0.3, -0.25) is 4.79 Å². The summed E-state index contributed by atoms with van der Waals surface area (Å²) >= 11 is 0. The van der Waals surface area contributed by atoms with E-state index in [1.54, 1.807) is 17.0 Å². The molecule has 3 saturated carbocycles. The summed E-state index contributed by atoms with van der Waals surface area (Å²) in [5, 5.41) is 11.0. The summed E-state index contributed by atoms with van der Waals surface area (Å²) in [5.74, 6) is -0.350. The Balaban J connectivity index is 1.35. The fourth-order valence-corrected chi connectivity index (χ4v) is 5.92. The van der Waals surface area contributed by atoms with Crippen LogP contribution in [0, 0.1) is 23.1 Å². The molecule has 1 amide bonds. The average Bonchev–Trinajstić information content (AvgIpc) is 3.39. The lowest BCUT2D eigenvalue weighted by Crippen LogP contribution is -2.38. The first-order chi connectivity index (χ1) is 14.0. The van der Waals surface area contributed by atoms with Gasteiger partial charge in [0.25, 0.3) is 0 Å². The predicted molar refractivity (Wildman–Crippen MR) is 105 cm³/mol. The van der Waals surface area contributed by atoms with Crippen LogP contribution in [-0.2, 0) is 4.79 Å². The lowest BCUT2D eigenvalue weighted by Gasteiger charge is -2.42. The number of hydrogen-bond acceptors (Lipinski definition) is 2. The van der Waals surface area contributed by atoms with E-state index in [2.05, 4.69) is 0 Å². The first kappa shape index (κ1) is 18.7. The topological polar surface area (TPSA) is 40.5 Å². The molecule has 1 heterocycles. The van der Waals surface area contributed by atoms with Crippen LogP contribution in [-0.4, -0.2) is 28.6 Å². The molecule has 152 valence electrons. The van der Waals surface area contributed by atoms with Crippen LogP contribution in [0.5, 0.6) is 0 Å². The van der Waals surface area contributed by atoms with Crippen LogP contribution in [0.15, 0.2) is 54.6 Å². The van der Waals surface area contributed by atoms with E-state index >= 15 is 0 Å². The number of aliphatic hydroxyl groups excluding tert-OH is 1. The van der Waals surface area contributed by atoms with E-state index in [0.29, 0.717) is 12.0 Å². The molecule has 0 spiro atoms. The quantitative estimate of drug-likeness (QED) is 0.820. The van der Waals surface area contributed by atoms with Gasteiger partial charge in [0.2, 0.25) is 5.91 Å². The lowest BCUT2D eigenvalue weighted by molar-refractivity contribution is -0.137. The van der Waals surface area contributed by atoms with Crippen molar-refractivity contribution in [2.45, 2.75) is 44.0 Å². The highest BCUT2D eigenvalue weighted by atomic mass is 19.1. The molecule has 3 nitrogen and oxygen atoms in total. The van der Waals surface area contributed by atoms with Crippen molar-refractivity contribution in [3.63, 3.8) is 0 Å². The molecule has 29 heavy (non-hydrogen) atoms. The average molecular weight is 397 g/mol. The van der Waals surface area contributed by atoms with E-state index in [1.807, 2.05) is 30.3 Å². The molecular formula is C24H25F2NO2. The molecule has 5 heteroatoms. The van der Waals surface area contributed by atoms with Gasteiger partial charge in [-0.1, -0.05) is 42.5 Å². The minimum atomic E-state index is -1.09. The summed E-state index contributed by atoms with van der Waals surface area (Å²) < 4.78 is 28.0. The normalized spacial score (nSPS) is 34.1. The van der Waals surface area contributed by atoms with Crippen molar-refractivity contribution in [3.8, 4) is 0 Å². The fraction of sp³-hybridized carbons (Fsp3) is 0.458. The molecular weight excluding hydrogens is 372 g/mol. The molecule has 2 aromatic rings. The largest absolute Gasteiger partial charge is 0.388 e. The Morgan fingerprint density at radius 3 is 2.59 bits per heavy atom. The first-order valence-corrected chi connectivity index (χ1v) is 10.4. The summed E-state index contributed by atoms with van der Waals surface area (Å²) in [6.07, 6.45) is 0.838. The van der Waals surface area contributed by atoms with Crippen LogP contribution in [0.4, 0.5) is 8.78 Å². The van der Waals surface area contributed by atoms with Gasteiger partial charge in [-0.05, 0) is 48.4 Å². The standard InChI is InChI=1S/C24H25F2NO2/c25-18-8-4-7-16(9-18)21-10-19(26)14-27(21)23(29)20-13-24(11-17(20)12-24)22(28)15-5-2-1-3-6-15/h1-9,17,19-22,28H,10-14H2/t17?,19?,20-,21?,22?,24?/m0/s1. The van der Waals surface area contributed by atoms with Crippen LogP contribution in [0.1, 0.15) is 49.0 Å². The highest BCUT2D eigenvalue weighted by Gasteiger charge is 2.62. The van der Waals surface area contributed by atoms with Crippen molar-refractivity contribution < 1.29 is 18.7 Å². The van der Waals surface area contributed by atoms with Crippen LogP contribution in [0.2, 0.25) is 0 Å². The molecule has 4 fully saturated rings.